The van der Waals surface area contributed by atoms with Crippen molar-refractivity contribution in [3.8, 4) is 0 Å². The highest BCUT2D eigenvalue weighted by molar-refractivity contribution is 5.90. The van der Waals surface area contributed by atoms with Gasteiger partial charge in [0.15, 0.2) is 0 Å². The molecule has 0 aromatic carbocycles. The van der Waals surface area contributed by atoms with Gasteiger partial charge < -0.3 is 15.0 Å². The van der Waals surface area contributed by atoms with Crippen LogP contribution in [0.1, 0.15) is 33.6 Å². The summed E-state index contributed by atoms with van der Waals surface area (Å²) < 4.78 is 5.36. The number of amides is 2. The van der Waals surface area contributed by atoms with Crippen molar-refractivity contribution >= 4 is 11.8 Å². The zero-order valence-corrected chi connectivity index (χ0v) is 12.1. The maximum Gasteiger partial charge on any atom is 0.245 e. The Morgan fingerprint density at radius 2 is 2.11 bits per heavy atom. The molecule has 2 saturated heterocycles. The SMILES string of the molecule is CC(C)(C)C1NC(=O)CCN(CC2CCOC2)C1=O. The van der Waals surface area contributed by atoms with E-state index < -0.39 is 6.04 Å². The minimum atomic E-state index is -0.426. The molecular formula is C14H24N2O3. The summed E-state index contributed by atoms with van der Waals surface area (Å²) in [6, 6.07) is -0.426. The molecule has 0 aromatic heterocycles. The van der Waals surface area contributed by atoms with Crippen LogP contribution < -0.4 is 5.32 Å². The molecule has 0 saturated carbocycles. The molecule has 2 aliphatic rings. The van der Waals surface area contributed by atoms with Gasteiger partial charge in [-0.15, -0.1) is 0 Å². The van der Waals surface area contributed by atoms with Crippen molar-refractivity contribution in [2.24, 2.45) is 11.3 Å². The Kier molecular flexibility index (Phi) is 4.13. The first-order chi connectivity index (χ1) is 8.88. The van der Waals surface area contributed by atoms with Crippen LogP contribution in [-0.2, 0) is 14.3 Å². The van der Waals surface area contributed by atoms with Crippen LogP contribution in [0.3, 0.4) is 0 Å². The van der Waals surface area contributed by atoms with Crippen LogP contribution in [0.4, 0.5) is 0 Å². The van der Waals surface area contributed by atoms with E-state index in [2.05, 4.69) is 5.32 Å². The largest absolute Gasteiger partial charge is 0.381 e. The smallest absolute Gasteiger partial charge is 0.245 e. The Morgan fingerprint density at radius 1 is 1.37 bits per heavy atom. The maximum absolute atomic E-state index is 12.6. The van der Waals surface area contributed by atoms with E-state index in [0.717, 1.165) is 19.6 Å². The Hall–Kier alpha value is -1.10. The Labute approximate surface area is 114 Å². The van der Waals surface area contributed by atoms with Gasteiger partial charge in [-0.3, -0.25) is 9.59 Å². The molecule has 2 fully saturated rings. The molecule has 2 atom stereocenters. The minimum absolute atomic E-state index is 0.0292. The van der Waals surface area contributed by atoms with E-state index in [1.165, 1.54) is 0 Å². The molecule has 2 amide bonds. The highest BCUT2D eigenvalue weighted by Crippen LogP contribution is 2.24. The molecule has 1 N–H and O–H groups in total. The summed E-state index contributed by atoms with van der Waals surface area (Å²) >= 11 is 0. The van der Waals surface area contributed by atoms with Crippen LogP contribution >= 0.6 is 0 Å². The van der Waals surface area contributed by atoms with E-state index in [0.29, 0.717) is 25.4 Å². The number of nitrogens with zero attached hydrogens (tertiary/aromatic N) is 1. The molecule has 0 radical (unpaired) electrons. The molecular weight excluding hydrogens is 244 g/mol. The van der Waals surface area contributed by atoms with Crippen molar-refractivity contribution in [3.63, 3.8) is 0 Å². The van der Waals surface area contributed by atoms with Crippen molar-refractivity contribution in [1.29, 1.82) is 0 Å². The Balaban J connectivity index is 2.09. The summed E-state index contributed by atoms with van der Waals surface area (Å²) in [5, 5.41) is 2.86. The van der Waals surface area contributed by atoms with E-state index in [-0.39, 0.29) is 17.2 Å². The van der Waals surface area contributed by atoms with Crippen LogP contribution in [0.15, 0.2) is 0 Å². The van der Waals surface area contributed by atoms with E-state index in [4.69, 9.17) is 4.74 Å². The van der Waals surface area contributed by atoms with E-state index >= 15 is 0 Å². The molecule has 0 aromatic rings. The number of rotatable bonds is 2. The zero-order chi connectivity index (χ0) is 14.0. The summed E-state index contributed by atoms with van der Waals surface area (Å²) in [5.41, 5.74) is -0.262. The normalized spacial score (nSPS) is 29.3. The average Bonchev–Trinajstić information content (AvgIpc) is 2.77. The third-order valence-electron chi connectivity index (χ3n) is 3.84. The second-order valence-corrected chi connectivity index (χ2v) is 6.63. The predicted octanol–water partition coefficient (Wildman–Crippen LogP) is 0.786. The number of carbonyl (C=O) groups excluding carboxylic acids is 2. The van der Waals surface area contributed by atoms with Crippen molar-refractivity contribution in [1.82, 2.24) is 10.2 Å². The minimum Gasteiger partial charge on any atom is -0.381 e. The molecule has 0 spiro atoms. The van der Waals surface area contributed by atoms with Gasteiger partial charge in [0, 0.05) is 32.0 Å². The third kappa shape index (κ3) is 3.47. The van der Waals surface area contributed by atoms with E-state index in [1.54, 1.807) is 0 Å². The molecule has 2 heterocycles. The van der Waals surface area contributed by atoms with Gasteiger partial charge in [0.05, 0.1) is 6.61 Å². The molecule has 19 heavy (non-hydrogen) atoms. The quantitative estimate of drug-likeness (QED) is 0.805. The van der Waals surface area contributed by atoms with Gasteiger partial charge in [0.25, 0.3) is 0 Å². The average molecular weight is 268 g/mol. The number of ether oxygens (including phenoxy) is 1. The molecule has 0 aliphatic carbocycles. The van der Waals surface area contributed by atoms with E-state index in [1.807, 2.05) is 25.7 Å². The topological polar surface area (TPSA) is 58.6 Å². The van der Waals surface area contributed by atoms with Crippen LogP contribution in [0.5, 0.6) is 0 Å². The van der Waals surface area contributed by atoms with Gasteiger partial charge in [-0.2, -0.15) is 0 Å². The summed E-state index contributed by atoms with van der Waals surface area (Å²) in [6.45, 7) is 8.69. The van der Waals surface area contributed by atoms with Gasteiger partial charge in [-0.05, 0) is 11.8 Å². The molecule has 5 nitrogen and oxygen atoms in total. The van der Waals surface area contributed by atoms with Gasteiger partial charge in [0.1, 0.15) is 6.04 Å². The van der Waals surface area contributed by atoms with Crippen molar-refractivity contribution in [3.05, 3.63) is 0 Å². The van der Waals surface area contributed by atoms with Gasteiger partial charge in [-0.1, -0.05) is 20.8 Å². The first-order valence-electron chi connectivity index (χ1n) is 7.04. The molecule has 2 aliphatic heterocycles. The number of carbonyl (C=O) groups is 2. The van der Waals surface area contributed by atoms with Crippen molar-refractivity contribution < 1.29 is 14.3 Å². The van der Waals surface area contributed by atoms with Crippen LogP contribution in [0.2, 0.25) is 0 Å². The van der Waals surface area contributed by atoms with Crippen LogP contribution in [0.25, 0.3) is 0 Å². The lowest BCUT2D eigenvalue weighted by molar-refractivity contribution is -0.136. The van der Waals surface area contributed by atoms with Gasteiger partial charge >= 0.3 is 0 Å². The lowest BCUT2D eigenvalue weighted by Gasteiger charge is -2.33. The van der Waals surface area contributed by atoms with Crippen LogP contribution in [-0.4, -0.2) is 49.1 Å². The molecule has 2 unspecified atom stereocenters. The fraction of sp³-hybridized carbons (Fsp3) is 0.857. The van der Waals surface area contributed by atoms with E-state index in [9.17, 15) is 9.59 Å². The van der Waals surface area contributed by atoms with Crippen molar-refractivity contribution in [2.75, 3.05) is 26.3 Å². The maximum atomic E-state index is 12.6. The summed E-state index contributed by atoms with van der Waals surface area (Å²) in [5.74, 6) is 0.432. The first-order valence-corrected chi connectivity index (χ1v) is 7.04. The molecule has 5 heteroatoms. The van der Waals surface area contributed by atoms with Gasteiger partial charge in [-0.25, -0.2) is 0 Å². The summed E-state index contributed by atoms with van der Waals surface area (Å²) in [4.78, 5) is 26.2. The third-order valence-corrected chi connectivity index (χ3v) is 3.84. The Bertz CT molecular complexity index is 356. The molecule has 0 bridgehead atoms. The zero-order valence-electron chi connectivity index (χ0n) is 12.1. The number of hydrogen-bond donors (Lipinski definition) is 1. The Morgan fingerprint density at radius 3 is 2.68 bits per heavy atom. The van der Waals surface area contributed by atoms with Gasteiger partial charge in [0.2, 0.25) is 11.8 Å². The first kappa shape index (κ1) is 14.3. The fourth-order valence-corrected chi connectivity index (χ4v) is 2.63. The predicted molar refractivity (Wildman–Crippen MR) is 71.5 cm³/mol. The number of nitrogens with one attached hydrogen (secondary N) is 1. The molecule has 2 rings (SSSR count). The highest BCUT2D eigenvalue weighted by Gasteiger charge is 2.38. The summed E-state index contributed by atoms with van der Waals surface area (Å²) in [6.07, 6.45) is 1.40. The fourth-order valence-electron chi connectivity index (χ4n) is 2.63. The lowest BCUT2D eigenvalue weighted by atomic mass is 9.86. The standard InChI is InChI=1S/C14H24N2O3/c1-14(2,3)12-13(18)16(6-4-11(17)15-12)8-10-5-7-19-9-10/h10,12H,4-9H2,1-3H3,(H,15,17). The highest BCUT2D eigenvalue weighted by atomic mass is 16.5. The monoisotopic (exact) mass is 268 g/mol. The second-order valence-electron chi connectivity index (χ2n) is 6.63. The summed E-state index contributed by atoms with van der Waals surface area (Å²) in [7, 11) is 0. The van der Waals surface area contributed by atoms with Crippen molar-refractivity contribution in [2.45, 2.75) is 39.7 Å². The second kappa shape index (κ2) is 5.49. The molecule has 108 valence electrons. The lowest BCUT2D eigenvalue weighted by Crippen LogP contribution is -2.52. The number of hydrogen-bond acceptors (Lipinski definition) is 3. The van der Waals surface area contributed by atoms with Crippen LogP contribution in [0, 0.1) is 11.3 Å².